The Kier molecular flexibility index (Phi) is 6.08. The molecule has 2 N–H and O–H groups in total. The maximum absolute atomic E-state index is 12.5. The lowest BCUT2D eigenvalue weighted by atomic mass is 9.95. The molecule has 3 rings (SSSR count). The maximum atomic E-state index is 12.5. The summed E-state index contributed by atoms with van der Waals surface area (Å²) in [6, 6.07) is 12.9. The summed E-state index contributed by atoms with van der Waals surface area (Å²) in [4.78, 5) is 15.6. The second-order valence-corrected chi connectivity index (χ2v) is 6.93. The molecule has 0 aliphatic heterocycles. The first-order chi connectivity index (χ1) is 14.0. The van der Waals surface area contributed by atoms with Crippen molar-refractivity contribution < 1.29 is 19.4 Å². The first-order valence-corrected chi connectivity index (χ1v) is 9.63. The number of esters is 1. The summed E-state index contributed by atoms with van der Waals surface area (Å²) in [6.07, 6.45) is 0.678. The Morgan fingerprint density at radius 2 is 1.93 bits per heavy atom. The van der Waals surface area contributed by atoms with Crippen LogP contribution < -0.4 is 4.74 Å². The second-order valence-electron chi connectivity index (χ2n) is 6.93. The van der Waals surface area contributed by atoms with Gasteiger partial charge in [0.15, 0.2) is 0 Å². The van der Waals surface area contributed by atoms with Crippen molar-refractivity contribution in [3.8, 4) is 28.7 Å². The molecule has 0 radical (unpaired) electrons. The molecule has 0 fully saturated rings. The molecule has 150 valence electrons. The Hall–Kier alpha value is -3.46. The van der Waals surface area contributed by atoms with Gasteiger partial charge in [0.2, 0.25) is 0 Å². The Morgan fingerprint density at radius 3 is 2.55 bits per heavy atom. The van der Waals surface area contributed by atoms with Gasteiger partial charge in [-0.15, -0.1) is 0 Å². The highest BCUT2D eigenvalue weighted by Crippen LogP contribution is 2.40. The summed E-state index contributed by atoms with van der Waals surface area (Å²) in [6.45, 7) is 5.91. The number of aryl methyl sites for hydroxylation is 1. The van der Waals surface area contributed by atoms with E-state index >= 15 is 0 Å². The molecule has 0 saturated heterocycles. The average Bonchev–Trinajstić information content (AvgIpc) is 3.05. The number of phenols is 1. The SMILES string of the molecule is CCOC(=O)c1[nH]c2ccc(O)c(-c3ccc(OC(C)C)cc3)c2c1CCC#N. The third kappa shape index (κ3) is 4.19. The molecule has 0 amide bonds. The molecule has 1 aromatic heterocycles. The Balaban J connectivity index is 2.19. The number of nitriles is 1. The van der Waals surface area contributed by atoms with Crippen LogP contribution in [0.4, 0.5) is 0 Å². The second kappa shape index (κ2) is 8.70. The zero-order chi connectivity index (χ0) is 21.0. The van der Waals surface area contributed by atoms with Gasteiger partial charge in [0.05, 0.1) is 18.8 Å². The highest BCUT2D eigenvalue weighted by Gasteiger charge is 2.23. The van der Waals surface area contributed by atoms with E-state index in [1.165, 1.54) is 0 Å². The monoisotopic (exact) mass is 392 g/mol. The number of phenolic OH excluding ortho intramolecular Hbond substituents is 1. The van der Waals surface area contributed by atoms with Gasteiger partial charge in [-0.05, 0) is 62.6 Å². The van der Waals surface area contributed by atoms with Crippen molar-refractivity contribution in [1.29, 1.82) is 5.26 Å². The topological polar surface area (TPSA) is 95.3 Å². The lowest BCUT2D eigenvalue weighted by Crippen LogP contribution is -2.08. The van der Waals surface area contributed by atoms with Crippen molar-refractivity contribution in [3.63, 3.8) is 0 Å². The Bertz CT molecular complexity index is 1060. The van der Waals surface area contributed by atoms with Crippen LogP contribution in [-0.4, -0.2) is 28.8 Å². The van der Waals surface area contributed by atoms with Crippen LogP contribution >= 0.6 is 0 Å². The normalized spacial score (nSPS) is 10.9. The highest BCUT2D eigenvalue weighted by atomic mass is 16.5. The van der Waals surface area contributed by atoms with E-state index in [9.17, 15) is 9.90 Å². The number of carbonyl (C=O) groups is 1. The van der Waals surface area contributed by atoms with Crippen molar-refractivity contribution >= 4 is 16.9 Å². The zero-order valence-corrected chi connectivity index (χ0v) is 16.8. The largest absolute Gasteiger partial charge is 0.507 e. The van der Waals surface area contributed by atoms with Crippen molar-refractivity contribution in [1.82, 2.24) is 4.98 Å². The van der Waals surface area contributed by atoms with Crippen LogP contribution in [0, 0.1) is 11.3 Å². The molecule has 0 unspecified atom stereocenters. The van der Waals surface area contributed by atoms with Crippen molar-refractivity contribution in [2.24, 2.45) is 0 Å². The van der Waals surface area contributed by atoms with Gasteiger partial charge in [-0.3, -0.25) is 0 Å². The van der Waals surface area contributed by atoms with Gasteiger partial charge in [0.1, 0.15) is 17.2 Å². The first kappa shape index (κ1) is 20.3. The average molecular weight is 392 g/mol. The summed E-state index contributed by atoms with van der Waals surface area (Å²) in [7, 11) is 0. The standard InChI is InChI=1S/C23H24N2O4/c1-4-28-23(27)22-17(6-5-13-24)21-18(25-22)11-12-19(26)20(21)15-7-9-16(10-8-15)29-14(2)3/h7-12,14,25-26H,4-6H2,1-3H3. The van der Waals surface area contributed by atoms with Gasteiger partial charge in [0, 0.05) is 22.9 Å². The Labute approximate surface area is 169 Å². The summed E-state index contributed by atoms with van der Waals surface area (Å²) < 4.78 is 10.9. The van der Waals surface area contributed by atoms with E-state index < -0.39 is 5.97 Å². The molecule has 2 aromatic carbocycles. The first-order valence-electron chi connectivity index (χ1n) is 9.63. The van der Waals surface area contributed by atoms with E-state index in [0.29, 0.717) is 28.8 Å². The van der Waals surface area contributed by atoms with Crippen LogP contribution in [0.1, 0.15) is 43.2 Å². The fraction of sp³-hybridized carbons (Fsp3) is 0.304. The summed E-state index contributed by atoms with van der Waals surface area (Å²) in [5, 5.41) is 20.4. The van der Waals surface area contributed by atoms with Gasteiger partial charge >= 0.3 is 5.97 Å². The summed E-state index contributed by atoms with van der Waals surface area (Å²) in [5.74, 6) is 0.367. The predicted octanol–water partition coefficient (Wildman–Crippen LogP) is 4.96. The number of aromatic hydroxyl groups is 1. The number of hydrogen-bond acceptors (Lipinski definition) is 5. The molecule has 0 aliphatic rings. The molecule has 0 atom stereocenters. The van der Waals surface area contributed by atoms with E-state index in [4.69, 9.17) is 14.7 Å². The van der Waals surface area contributed by atoms with Crippen LogP contribution in [0.2, 0.25) is 0 Å². The molecular weight excluding hydrogens is 368 g/mol. The number of H-pyrrole nitrogens is 1. The number of rotatable bonds is 7. The summed E-state index contributed by atoms with van der Waals surface area (Å²) in [5.41, 5.74) is 3.10. The minimum Gasteiger partial charge on any atom is -0.507 e. The highest BCUT2D eigenvalue weighted by molar-refractivity contribution is 6.06. The number of ether oxygens (including phenoxy) is 2. The van der Waals surface area contributed by atoms with Crippen LogP contribution in [-0.2, 0) is 11.2 Å². The predicted molar refractivity (Wildman–Crippen MR) is 111 cm³/mol. The summed E-state index contributed by atoms with van der Waals surface area (Å²) >= 11 is 0. The van der Waals surface area contributed by atoms with E-state index in [2.05, 4.69) is 11.1 Å². The number of hydrogen-bond donors (Lipinski definition) is 2. The minimum atomic E-state index is -0.470. The van der Waals surface area contributed by atoms with Crippen LogP contribution in [0.25, 0.3) is 22.0 Å². The molecule has 0 saturated carbocycles. The number of nitrogens with zero attached hydrogens (tertiary/aromatic N) is 1. The van der Waals surface area contributed by atoms with Crippen molar-refractivity contribution in [3.05, 3.63) is 47.7 Å². The molecule has 0 aliphatic carbocycles. The molecule has 3 aromatic rings. The quantitative estimate of drug-likeness (QED) is 0.554. The molecular formula is C23H24N2O4. The van der Waals surface area contributed by atoms with E-state index in [-0.39, 0.29) is 24.9 Å². The molecule has 6 heteroatoms. The van der Waals surface area contributed by atoms with Gasteiger partial charge in [-0.2, -0.15) is 5.26 Å². The number of nitrogens with one attached hydrogen (secondary N) is 1. The third-order valence-electron chi connectivity index (χ3n) is 4.53. The van der Waals surface area contributed by atoms with Crippen LogP contribution in [0.15, 0.2) is 36.4 Å². The number of carbonyl (C=O) groups excluding carboxylic acids is 1. The number of aromatic nitrogens is 1. The molecule has 29 heavy (non-hydrogen) atoms. The van der Waals surface area contributed by atoms with Crippen molar-refractivity contribution in [2.75, 3.05) is 6.61 Å². The van der Waals surface area contributed by atoms with Gasteiger partial charge < -0.3 is 19.6 Å². The smallest absolute Gasteiger partial charge is 0.355 e. The zero-order valence-electron chi connectivity index (χ0n) is 16.8. The lowest BCUT2D eigenvalue weighted by molar-refractivity contribution is 0.0519. The van der Waals surface area contributed by atoms with Gasteiger partial charge in [0.25, 0.3) is 0 Å². The fourth-order valence-corrected chi connectivity index (χ4v) is 3.42. The number of aromatic amines is 1. The van der Waals surface area contributed by atoms with E-state index in [1.807, 2.05) is 38.1 Å². The lowest BCUT2D eigenvalue weighted by Gasteiger charge is -2.12. The van der Waals surface area contributed by atoms with Crippen LogP contribution in [0.5, 0.6) is 11.5 Å². The van der Waals surface area contributed by atoms with E-state index in [0.717, 1.165) is 16.7 Å². The van der Waals surface area contributed by atoms with Gasteiger partial charge in [-0.25, -0.2) is 4.79 Å². The molecule has 6 nitrogen and oxygen atoms in total. The fourth-order valence-electron chi connectivity index (χ4n) is 3.42. The van der Waals surface area contributed by atoms with E-state index in [1.54, 1.807) is 19.1 Å². The number of fused-ring (bicyclic) bond motifs is 1. The van der Waals surface area contributed by atoms with Crippen LogP contribution in [0.3, 0.4) is 0 Å². The molecule has 0 bridgehead atoms. The number of benzene rings is 2. The van der Waals surface area contributed by atoms with Crippen molar-refractivity contribution in [2.45, 2.75) is 39.7 Å². The maximum Gasteiger partial charge on any atom is 0.355 e. The molecule has 0 spiro atoms. The minimum absolute atomic E-state index is 0.0621. The third-order valence-corrected chi connectivity index (χ3v) is 4.53. The Morgan fingerprint density at radius 1 is 1.21 bits per heavy atom. The van der Waals surface area contributed by atoms with Gasteiger partial charge in [-0.1, -0.05) is 12.1 Å². The molecule has 1 heterocycles.